The van der Waals surface area contributed by atoms with Crippen molar-refractivity contribution in [2.24, 2.45) is 5.92 Å². The van der Waals surface area contributed by atoms with Gasteiger partial charge in [-0.3, -0.25) is 9.59 Å². The van der Waals surface area contributed by atoms with Crippen LogP contribution in [0.3, 0.4) is 0 Å². The summed E-state index contributed by atoms with van der Waals surface area (Å²) in [5.41, 5.74) is 2.40. The number of ether oxygens (including phenoxy) is 1. The number of rotatable bonds is 6. The molecule has 0 saturated carbocycles. The van der Waals surface area contributed by atoms with Crippen molar-refractivity contribution in [3.63, 3.8) is 0 Å². The number of anilines is 2. The summed E-state index contributed by atoms with van der Waals surface area (Å²) in [5, 5.41) is 5.90. The summed E-state index contributed by atoms with van der Waals surface area (Å²) in [6.45, 7) is 3.23. The van der Waals surface area contributed by atoms with E-state index in [2.05, 4.69) is 39.8 Å². The maximum absolute atomic E-state index is 12.6. The van der Waals surface area contributed by atoms with E-state index in [1.807, 2.05) is 6.07 Å². The molecule has 29 heavy (non-hydrogen) atoms. The molecule has 2 fully saturated rings. The molecule has 0 aromatic heterocycles. The topological polar surface area (TPSA) is 70.7 Å². The highest BCUT2D eigenvalue weighted by Crippen LogP contribution is 2.23. The lowest BCUT2D eigenvalue weighted by Crippen LogP contribution is -2.31. The molecule has 2 atom stereocenters. The third kappa shape index (κ3) is 4.95. The Hall–Kier alpha value is -2.86. The predicted octanol–water partition coefficient (Wildman–Crippen LogP) is 3.06. The molecule has 2 N–H and O–H groups in total. The van der Waals surface area contributed by atoms with Crippen molar-refractivity contribution in [3.8, 4) is 0 Å². The van der Waals surface area contributed by atoms with Gasteiger partial charge < -0.3 is 20.3 Å². The van der Waals surface area contributed by atoms with Crippen LogP contribution in [0, 0.1) is 5.92 Å². The van der Waals surface area contributed by atoms with Gasteiger partial charge in [0, 0.05) is 43.2 Å². The van der Waals surface area contributed by atoms with E-state index in [1.54, 1.807) is 24.3 Å². The molecule has 4 rings (SSSR count). The molecule has 2 aromatic carbocycles. The Kier molecular flexibility index (Phi) is 6.10. The fraction of sp³-hybridized carbons (Fsp3) is 0.391. The minimum Gasteiger partial charge on any atom is -0.371 e. The lowest BCUT2D eigenvalue weighted by Gasteiger charge is -2.18. The second kappa shape index (κ2) is 9.09. The average Bonchev–Trinajstić information content (AvgIpc) is 3.45. The smallest absolute Gasteiger partial charge is 0.253 e. The van der Waals surface area contributed by atoms with Crippen LogP contribution in [-0.2, 0) is 9.53 Å². The van der Waals surface area contributed by atoms with Gasteiger partial charge in [-0.25, -0.2) is 0 Å². The van der Waals surface area contributed by atoms with Crippen LogP contribution in [0.4, 0.5) is 11.4 Å². The van der Waals surface area contributed by atoms with Gasteiger partial charge in [0.25, 0.3) is 11.8 Å². The molecule has 2 aromatic rings. The van der Waals surface area contributed by atoms with Crippen molar-refractivity contribution in [2.45, 2.75) is 25.4 Å². The zero-order valence-electron chi connectivity index (χ0n) is 16.5. The maximum Gasteiger partial charge on any atom is 0.253 e. The van der Waals surface area contributed by atoms with Crippen molar-refractivity contribution in [2.75, 3.05) is 36.5 Å². The number of nitrogens with one attached hydrogen (secondary N) is 2. The van der Waals surface area contributed by atoms with E-state index in [0.717, 1.165) is 32.4 Å². The molecule has 2 amide bonds. The quantitative estimate of drug-likeness (QED) is 0.791. The minimum absolute atomic E-state index is 0.114. The van der Waals surface area contributed by atoms with Gasteiger partial charge in [-0.2, -0.15) is 0 Å². The number of amides is 2. The van der Waals surface area contributed by atoms with E-state index in [0.29, 0.717) is 30.3 Å². The molecule has 6 heteroatoms. The van der Waals surface area contributed by atoms with Crippen LogP contribution in [0.25, 0.3) is 0 Å². The Morgan fingerprint density at radius 1 is 1.07 bits per heavy atom. The van der Waals surface area contributed by atoms with Crippen molar-refractivity contribution in [1.29, 1.82) is 0 Å². The van der Waals surface area contributed by atoms with E-state index in [4.69, 9.17) is 4.74 Å². The first-order chi connectivity index (χ1) is 14.2. The number of benzene rings is 2. The first kappa shape index (κ1) is 19.5. The molecule has 2 unspecified atom stereocenters. The summed E-state index contributed by atoms with van der Waals surface area (Å²) in [6, 6.07) is 17.4. The fourth-order valence-corrected chi connectivity index (χ4v) is 3.96. The van der Waals surface area contributed by atoms with Gasteiger partial charge in [0.1, 0.15) is 6.10 Å². The second-order valence-electron chi connectivity index (χ2n) is 7.72. The number of carbonyl (C=O) groups excluding carboxylic acids is 2. The largest absolute Gasteiger partial charge is 0.371 e. The van der Waals surface area contributed by atoms with E-state index >= 15 is 0 Å². The Bertz CT molecular complexity index is 849. The van der Waals surface area contributed by atoms with Crippen LogP contribution >= 0.6 is 0 Å². The fourth-order valence-electron chi connectivity index (χ4n) is 3.96. The Morgan fingerprint density at radius 2 is 1.93 bits per heavy atom. The zero-order chi connectivity index (χ0) is 20.1. The summed E-state index contributed by atoms with van der Waals surface area (Å²) in [4.78, 5) is 27.1. The summed E-state index contributed by atoms with van der Waals surface area (Å²) in [7, 11) is 0. The van der Waals surface area contributed by atoms with E-state index < -0.39 is 0 Å². The van der Waals surface area contributed by atoms with E-state index in [1.165, 1.54) is 5.69 Å². The molecule has 0 bridgehead atoms. The van der Waals surface area contributed by atoms with Gasteiger partial charge in [-0.05, 0) is 55.5 Å². The summed E-state index contributed by atoms with van der Waals surface area (Å²) in [5.74, 6) is 0.171. The van der Waals surface area contributed by atoms with Crippen molar-refractivity contribution in [1.82, 2.24) is 5.32 Å². The standard InChI is InChI=1S/C23H27N3O3/c27-22(24-15-17-11-12-26(16-17)20-8-2-1-3-9-20)18-6-4-7-19(14-18)25-23(28)21-10-5-13-29-21/h1-4,6-9,14,17,21H,5,10-13,15-16H2,(H,24,27)(H,25,28). The van der Waals surface area contributed by atoms with Crippen LogP contribution in [0.2, 0.25) is 0 Å². The second-order valence-corrected chi connectivity index (χ2v) is 7.72. The molecule has 2 aliphatic heterocycles. The molecular formula is C23H27N3O3. The third-order valence-electron chi connectivity index (χ3n) is 5.57. The molecule has 2 saturated heterocycles. The number of hydrogen-bond acceptors (Lipinski definition) is 4. The molecule has 0 spiro atoms. The zero-order valence-corrected chi connectivity index (χ0v) is 16.5. The molecule has 152 valence electrons. The number of hydrogen-bond donors (Lipinski definition) is 2. The summed E-state index contributed by atoms with van der Waals surface area (Å²) in [6.07, 6.45) is 2.33. The van der Waals surface area contributed by atoms with Gasteiger partial charge in [0.15, 0.2) is 0 Å². The van der Waals surface area contributed by atoms with Gasteiger partial charge in [-0.15, -0.1) is 0 Å². The van der Waals surface area contributed by atoms with Crippen molar-refractivity contribution in [3.05, 3.63) is 60.2 Å². The number of carbonyl (C=O) groups is 2. The molecule has 0 radical (unpaired) electrons. The maximum atomic E-state index is 12.6. The monoisotopic (exact) mass is 393 g/mol. The third-order valence-corrected chi connectivity index (χ3v) is 5.57. The lowest BCUT2D eigenvalue weighted by atomic mass is 10.1. The van der Waals surface area contributed by atoms with Gasteiger partial charge in [-0.1, -0.05) is 24.3 Å². The van der Waals surface area contributed by atoms with Crippen LogP contribution in [-0.4, -0.2) is 44.2 Å². The van der Waals surface area contributed by atoms with Crippen LogP contribution < -0.4 is 15.5 Å². The Morgan fingerprint density at radius 3 is 2.72 bits per heavy atom. The molecule has 2 aliphatic rings. The highest BCUT2D eigenvalue weighted by atomic mass is 16.5. The first-order valence-electron chi connectivity index (χ1n) is 10.3. The van der Waals surface area contributed by atoms with Gasteiger partial charge in [0.05, 0.1) is 0 Å². The van der Waals surface area contributed by atoms with Crippen LogP contribution in [0.15, 0.2) is 54.6 Å². The van der Waals surface area contributed by atoms with Crippen molar-refractivity contribution >= 4 is 23.2 Å². The SMILES string of the molecule is O=C(NCC1CCN(c2ccccc2)C1)c1cccc(NC(=O)C2CCCO2)c1. The molecular weight excluding hydrogens is 366 g/mol. The van der Waals surface area contributed by atoms with Crippen molar-refractivity contribution < 1.29 is 14.3 Å². The summed E-state index contributed by atoms with van der Waals surface area (Å²) < 4.78 is 5.41. The number of nitrogens with zero attached hydrogens (tertiary/aromatic N) is 1. The normalized spacial score (nSPS) is 21.2. The van der Waals surface area contributed by atoms with Gasteiger partial charge >= 0.3 is 0 Å². The van der Waals surface area contributed by atoms with Crippen LogP contribution in [0.5, 0.6) is 0 Å². The highest BCUT2D eigenvalue weighted by Gasteiger charge is 2.24. The lowest BCUT2D eigenvalue weighted by molar-refractivity contribution is -0.124. The highest BCUT2D eigenvalue weighted by molar-refractivity contribution is 5.98. The Balaban J connectivity index is 1.28. The number of para-hydroxylation sites is 1. The molecule has 2 heterocycles. The van der Waals surface area contributed by atoms with Gasteiger partial charge in [0.2, 0.25) is 0 Å². The van der Waals surface area contributed by atoms with Crippen LogP contribution in [0.1, 0.15) is 29.6 Å². The average molecular weight is 393 g/mol. The van der Waals surface area contributed by atoms with E-state index in [-0.39, 0.29) is 17.9 Å². The summed E-state index contributed by atoms with van der Waals surface area (Å²) >= 11 is 0. The molecule has 0 aliphatic carbocycles. The van der Waals surface area contributed by atoms with E-state index in [9.17, 15) is 9.59 Å². The predicted molar refractivity (Wildman–Crippen MR) is 113 cm³/mol. The molecule has 6 nitrogen and oxygen atoms in total. The Labute approximate surface area is 171 Å². The minimum atomic E-state index is -0.387. The first-order valence-corrected chi connectivity index (χ1v) is 10.3.